The number of aliphatic carboxylic acids is 1. The van der Waals surface area contributed by atoms with Gasteiger partial charge in [0.25, 0.3) is 0 Å². The topological polar surface area (TPSA) is 137 Å². The highest BCUT2D eigenvalue weighted by Gasteiger charge is 2.45. The number of carboxylic acid groups (broad SMARTS) is 1. The van der Waals surface area contributed by atoms with Crippen molar-refractivity contribution in [3.8, 4) is 0 Å². The van der Waals surface area contributed by atoms with E-state index in [9.17, 15) is 24.5 Å². The van der Waals surface area contributed by atoms with Gasteiger partial charge < -0.3 is 35.0 Å². The van der Waals surface area contributed by atoms with Gasteiger partial charge in [0.15, 0.2) is 0 Å². The van der Waals surface area contributed by atoms with Crippen LogP contribution < -0.4 is 0 Å². The molecule has 1 fully saturated rings. The highest BCUT2D eigenvalue weighted by atomic mass is 19.1. The molecule has 0 spiro atoms. The Morgan fingerprint density at radius 3 is 2.46 bits per heavy atom. The summed E-state index contributed by atoms with van der Waals surface area (Å²) in [7, 11) is 0. The first-order valence-electron chi connectivity index (χ1n) is 7.02. The number of ether oxygens (including phenoxy) is 2. The quantitative estimate of drug-likeness (QED) is 0.341. The van der Waals surface area contributed by atoms with Crippen LogP contribution in [0.4, 0.5) is 4.39 Å². The van der Waals surface area contributed by atoms with Crippen LogP contribution in [0, 0.1) is 5.82 Å². The minimum atomic E-state index is -1.77. The summed E-state index contributed by atoms with van der Waals surface area (Å²) in [4.78, 5) is 11.3. The van der Waals surface area contributed by atoms with Gasteiger partial charge in [0.1, 0.15) is 30.2 Å². The van der Waals surface area contributed by atoms with Crippen LogP contribution in [0.25, 0.3) is 6.08 Å². The zero-order valence-electron chi connectivity index (χ0n) is 12.3. The van der Waals surface area contributed by atoms with Crippen LogP contribution in [0.15, 0.2) is 30.0 Å². The Morgan fingerprint density at radius 1 is 1.21 bits per heavy atom. The third-order valence-corrected chi connectivity index (χ3v) is 3.49. The van der Waals surface area contributed by atoms with Crippen LogP contribution in [0.5, 0.6) is 0 Å². The number of benzene rings is 1. The first-order valence-corrected chi connectivity index (χ1v) is 7.02. The van der Waals surface area contributed by atoms with Gasteiger partial charge in [-0.3, -0.25) is 0 Å². The third-order valence-electron chi connectivity index (χ3n) is 3.49. The molecule has 9 heteroatoms. The van der Waals surface area contributed by atoms with Crippen molar-refractivity contribution in [1.29, 1.82) is 0 Å². The molecule has 1 saturated heterocycles. The fourth-order valence-electron chi connectivity index (χ4n) is 2.17. The summed E-state index contributed by atoms with van der Waals surface area (Å²) >= 11 is 0. The molecule has 1 aliphatic heterocycles. The molecule has 0 aromatic heterocycles. The molecule has 1 aromatic carbocycles. The Labute approximate surface area is 136 Å². The molecule has 1 heterocycles. The lowest BCUT2D eigenvalue weighted by molar-refractivity contribution is -0.291. The fourth-order valence-corrected chi connectivity index (χ4v) is 2.17. The van der Waals surface area contributed by atoms with Crippen LogP contribution in [0.3, 0.4) is 0 Å². The van der Waals surface area contributed by atoms with E-state index in [0.29, 0.717) is 0 Å². The predicted molar refractivity (Wildman–Crippen MR) is 76.9 cm³/mol. The lowest BCUT2D eigenvalue weighted by Crippen LogP contribution is -2.59. The molecule has 2 rings (SSSR count). The van der Waals surface area contributed by atoms with E-state index in [1.165, 1.54) is 18.2 Å². The highest BCUT2D eigenvalue weighted by Crippen LogP contribution is 2.24. The van der Waals surface area contributed by atoms with Crippen molar-refractivity contribution >= 4 is 12.0 Å². The van der Waals surface area contributed by atoms with Gasteiger partial charge in [-0.15, -0.1) is 0 Å². The monoisotopic (exact) mass is 344 g/mol. The summed E-state index contributed by atoms with van der Waals surface area (Å²) in [6, 6.07) is 5.35. The van der Waals surface area contributed by atoms with Crippen LogP contribution in [-0.4, -0.2) is 68.8 Å². The first kappa shape index (κ1) is 18.3. The van der Waals surface area contributed by atoms with E-state index < -0.39 is 54.9 Å². The summed E-state index contributed by atoms with van der Waals surface area (Å²) < 4.78 is 23.7. The van der Waals surface area contributed by atoms with Gasteiger partial charge in [0.05, 0.1) is 6.61 Å². The van der Waals surface area contributed by atoms with E-state index in [2.05, 4.69) is 0 Å². The maximum absolute atomic E-state index is 13.6. The number of carboxylic acids is 1. The van der Waals surface area contributed by atoms with E-state index in [0.717, 1.165) is 12.1 Å². The van der Waals surface area contributed by atoms with E-state index in [1.807, 2.05) is 0 Å². The van der Waals surface area contributed by atoms with Gasteiger partial charge in [0, 0.05) is 5.56 Å². The van der Waals surface area contributed by atoms with Crippen molar-refractivity contribution in [2.45, 2.75) is 30.7 Å². The van der Waals surface area contributed by atoms with Crippen molar-refractivity contribution in [3.05, 3.63) is 41.4 Å². The Balaban J connectivity index is 2.24. The maximum Gasteiger partial charge on any atom is 0.371 e. The third kappa shape index (κ3) is 3.89. The Kier molecular flexibility index (Phi) is 5.86. The van der Waals surface area contributed by atoms with Gasteiger partial charge >= 0.3 is 5.97 Å². The molecule has 0 amide bonds. The molecule has 5 atom stereocenters. The zero-order chi connectivity index (χ0) is 17.9. The number of hydrogen-bond donors (Lipinski definition) is 5. The molecule has 8 nitrogen and oxygen atoms in total. The molecule has 0 bridgehead atoms. The minimum absolute atomic E-state index is 0.0699. The van der Waals surface area contributed by atoms with Crippen LogP contribution in [0.2, 0.25) is 0 Å². The second-order valence-corrected chi connectivity index (χ2v) is 5.15. The highest BCUT2D eigenvalue weighted by molar-refractivity contribution is 5.89. The molecular weight excluding hydrogens is 327 g/mol. The molecule has 0 unspecified atom stereocenters. The smallest absolute Gasteiger partial charge is 0.371 e. The molecule has 0 saturated carbocycles. The van der Waals surface area contributed by atoms with E-state index >= 15 is 0 Å². The number of carbonyl (C=O) groups is 1. The summed E-state index contributed by atoms with van der Waals surface area (Å²) in [5.74, 6) is -2.99. The van der Waals surface area contributed by atoms with Crippen LogP contribution in [0.1, 0.15) is 5.56 Å². The van der Waals surface area contributed by atoms with Crippen molar-refractivity contribution < 1.29 is 44.2 Å². The summed E-state index contributed by atoms with van der Waals surface area (Å²) in [5.41, 5.74) is -0.0699. The standard InChI is InChI=1S/C15H17FO8/c16-8-4-2-1-3-7(8)5-9(14(21)22)23-15-13(20)12(19)11(18)10(6-17)24-15/h1-5,10-13,15,17-20H,6H2,(H,21,22)/t10-,11-,12+,13-,15-/m0/s1. The van der Waals surface area contributed by atoms with Crippen LogP contribution >= 0.6 is 0 Å². The number of hydrogen-bond acceptors (Lipinski definition) is 7. The van der Waals surface area contributed by atoms with Gasteiger partial charge in [0.2, 0.25) is 12.0 Å². The van der Waals surface area contributed by atoms with Gasteiger partial charge in [-0.2, -0.15) is 0 Å². The second kappa shape index (κ2) is 7.69. The van der Waals surface area contributed by atoms with Crippen LogP contribution in [-0.2, 0) is 14.3 Å². The lowest BCUT2D eigenvalue weighted by atomic mass is 9.99. The zero-order valence-corrected chi connectivity index (χ0v) is 12.3. The molecule has 24 heavy (non-hydrogen) atoms. The number of rotatable bonds is 5. The SMILES string of the molecule is O=C(O)C(=Cc1ccccc1F)O[C@H]1O[C@@H](CO)[C@H](O)[C@@H](O)[C@@H]1O. The average Bonchev–Trinajstić information content (AvgIpc) is 2.56. The summed E-state index contributed by atoms with van der Waals surface area (Å²) in [6.45, 7) is -0.690. The molecule has 132 valence electrons. The number of aliphatic hydroxyl groups excluding tert-OH is 4. The second-order valence-electron chi connectivity index (χ2n) is 5.15. The minimum Gasteiger partial charge on any atom is -0.475 e. The summed E-state index contributed by atoms with van der Waals surface area (Å²) in [6.07, 6.45) is -7.13. The number of aliphatic hydroxyl groups is 4. The molecule has 1 aliphatic rings. The average molecular weight is 344 g/mol. The first-order chi connectivity index (χ1) is 11.3. The Morgan fingerprint density at radius 2 is 1.88 bits per heavy atom. The van der Waals surface area contributed by atoms with Gasteiger partial charge in [-0.1, -0.05) is 18.2 Å². The number of halogens is 1. The van der Waals surface area contributed by atoms with E-state index in [-0.39, 0.29) is 5.56 Å². The molecule has 0 radical (unpaired) electrons. The summed E-state index contributed by atoms with van der Waals surface area (Å²) in [5, 5.41) is 47.4. The largest absolute Gasteiger partial charge is 0.475 e. The molecule has 5 N–H and O–H groups in total. The normalized spacial score (nSPS) is 30.9. The Bertz CT molecular complexity index is 617. The van der Waals surface area contributed by atoms with Gasteiger partial charge in [-0.05, 0) is 12.1 Å². The Hall–Kier alpha value is -2.04. The molecule has 0 aliphatic carbocycles. The molecular formula is C15H17FO8. The van der Waals surface area contributed by atoms with E-state index in [1.54, 1.807) is 0 Å². The van der Waals surface area contributed by atoms with Crippen molar-refractivity contribution in [3.63, 3.8) is 0 Å². The lowest BCUT2D eigenvalue weighted by Gasteiger charge is -2.39. The van der Waals surface area contributed by atoms with Crippen molar-refractivity contribution in [2.24, 2.45) is 0 Å². The van der Waals surface area contributed by atoms with Crippen molar-refractivity contribution in [2.75, 3.05) is 6.61 Å². The van der Waals surface area contributed by atoms with Gasteiger partial charge in [-0.25, -0.2) is 9.18 Å². The van der Waals surface area contributed by atoms with E-state index in [4.69, 9.17) is 19.7 Å². The maximum atomic E-state index is 13.6. The predicted octanol–water partition coefficient (Wildman–Crippen LogP) is -0.932. The molecule has 1 aromatic rings. The van der Waals surface area contributed by atoms with Crippen molar-refractivity contribution in [1.82, 2.24) is 0 Å². The fraction of sp³-hybridized carbons (Fsp3) is 0.400.